The first kappa shape index (κ1) is 12.6. The van der Waals surface area contributed by atoms with Gasteiger partial charge in [-0.05, 0) is 32.6 Å². The zero-order chi connectivity index (χ0) is 12.5. The molecule has 1 fully saturated rings. The van der Waals surface area contributed by atoms with Gasteiger partial charge in [0.1, 0.15) is 0 Å². The van der Waals surface area contributed by atoms with E-state index in [-0.39, 0.29) is 5.54 Å². The summed E-state index contributed by atoms with van der Waals surface area (Å²) >= 11 is 0. The van der Waals surface area contributed by atoms with Crippen LogP contribution in [0, 0.1) is 5.92 Å². The average molecular weight is 237 g/mol. The minimum Gasteiger partial charge on any atom is -0.339 e. The Morgan fingerprint density at radius 3 is 2.82 bits per heavy atom. The third-order valence-corrected chi connectivity index (χ3v) is 3.39. The molecular formula is C13H23N3O. The summed E-state index contributed by atoms with van der Waals surface area (Å²) in [7, 11) is 0. The predicted molar refractivity (Wildman–Crippen MR) is 66.6 cm³/mol. The van der Waals surface area contributed by atoms with Gasteiger partial charge < -0.3 is 10.3 Å². The molecule has 2 rings (SSSR count). The van der Waals surface area contributed by atoms with Crippen LogP contribution >= 0.6 is 0 Å². The minimum absolute atomic E-state index is 0.288. The molecule has 0 amide bonds. The number of hydrogen-bond acceptors (Lipinski definition) is 4. The number of rotatable bonds is 3. The third kappa shape index (κ3) is 3.53. The largest absolute Gasteiger partial charge is 0.339 e. The first-order valence-electron chi connectivity index (χ1n) is 6.55. The van der Waals surface area contributed by atoms with E-state index in [2.05, 4.69) is 17.1 Å². The van der Waals surface area contributed by atoms with Crippen molar-refractivity contribution in [2.75, 3.05) is 0 Å². The minimum atomic E-state index is -0.288. The van der Waals surface area contributed by atoms with Crippen molar-refractivity contribution in [3.63, 3.8) is 0 Å². The number of nitrogens with two attached hydrogens (primary N) is 1. The van der Waals surface area contributed by atoms with E-state index in [1.807, 2.05) is 13.8 Å². The van der Waals surface area contributed by atoms with Gasteiger partial charge in [-0.3, -0.25) is 0 Å². The van der Waals surface area contributed by atoms with Crippen LogP contribution in [-0.2, 0) is 6.42 Å². The fourth-order valence-corrected chi connectivity index (χ4v) is 2.56. The summed E-state index contributed by atoms with van der Waals surface area (Å²) in [4.78, 5) is 4.50. The molecule has 1 aliphatic carbocycles. The summed E-state index contributed by atoms with van der Waals surface area (Å²) in [6.07, 6.45) is 5.62. The van der Waals surface area contributed by atoms with Crippen LogP contribution in [0.3, 0.4) is 0 Å². The van der Waals surface area contributed by atoms with E-state index < -0.39 is 0 Å². The van der Waals surface area contributed by atoms with Crippen molar-refractivity contribution >= 4 is 0 Å². The maximum atomic E-state index is 5.95. The number of aromatic nitrogens is 2. The molecule has 2 atom stereocenters. The molecule has 0 aliphatic heterocycles. The molecule has 1 aromatic heterocycles. The summed E-state index contributed by atoms with van der Waals surface area (Å²) in [6.45, 7) is 6.25. The van der Waals surface area contributed by atoms with Crippen LogP contribution in [0.15, 0.2) is 4.52 Å². The topological polar surface area (TPSA) is 64.9 Å². The lowest BCUT2D eigenvalue weighted by Crippen LogP contribution is -2.34. The van der Waals surface area contributed by atoms with Gasteiger partial charge in [-0.1, -0.05) is 24.9 Å². The molecule has 1 heterocycles. The second-order valence-corrected chi connectivity index (χ2v) is 6.18. The van der Waals surface area contributed by atoms with E-state index in [1.54, 1.807) is 0 Å². The first-order chi connectivity index (χ1) is 7.94. The first-order valence-corrected chi connectivity index (χ1v) is 6.55. The van der Waals surface area contributed by atoms with E-state index in [0.717, 1.165) is 11.7 Å². The molecule has 4 nitrogen and oxygen atoms in total. The monoisotopic (exact) mass is 237 g/mol. The quantitative estimate of drug-likeness (QED) is 0.877. The number of hydrogen-bond donors (Lipinski definition) is 1. The molecule has 4 heteroatoms. The molecule has 17 heavy (non-hydrogen) atoms. The molecular weight excluding hydrogens is 214 g/mol. The molecule has 0 bridgehead atoms. The Bertz CT molecular complexity index is 367. The Morgan fingerprint density at radius 1 is 1.41 bits per heavy atom. The molecule has 0 spiro atoms. The Morgan fingerprint density at radius 2 is 2.18 bits per heavy atom. The molecule has 0 saturated heterocycles. The van der Waals surface area contributed by atoms with E-state index in [4.69, 9.17) is 10.3 Å². The van der Waals surface area contributed by atoms with Gasteiger partial charge in [-0.25, -0.2) is 0 Å². The van der Waals surface area contributed by atoms with E-state index in [9.17, 15) is 0 Å². The lowest BCUT2D eigenvalue weighted by Gasteiger charge is -2.23. The summed E-state index contributed by atoms with van der Waals surface area (Å²) < 4.78 is 5.29. The smallest absolute Gasteiger partial charge is 0.228 e. The van der Waals surface area contributed by atoms with Crippen molar-refractivity contribution in [3.05, 3.63) is 11.7 Å². The van der Waals surface area contributed by atoms with Crippen molar-refractivity contribution < 1.29 is 4.52 Å². The fourth-order valence-electron chi connectivity index (χ4n) is 2.56. The van der Waals surface area contributed by atoms with Crippen LogP contribution in [-0.4, -0.2) is 15.7 Å². The van der Waals surface area contributed by atoms with Crippen LogP contribution in [0.1, 0.15) is 64.1 Å². The van der Waals surface area contributed by atoms with E-state index in [1.165, 1.54) is 25.7 Å². The van der Waals surface area contributed by atoms with Gasteiger partial charge in [-0.2, -0.15) is 4.98 Å². The Labute approximate surface area is 103 Å². The molecule has 1 aliphatic rings. The van der Waals surface area contributed by atoms with Crippen molar-refractivity contribution in [2.24, 2.45) is 11.7 Å². The summed E-state index contributed by atoms with van der Waals surface area (Å²) in [5, 5.41) is 4.12. The molecule has 2 N–H and O–H groups in total. The molecule has 1 aromatic rings. The standard InChI is InChI=1S/C13H23N3O/c1-9-5-4-6-10(7-9)12-15-11(17-16-12)8-13(2,3)14/h9-10H,4-8,14H2,1-3H3. The lowest BCUT2D eigenvalue weighted by molar-refractivity contribution is 0.315. The van der Waals surface area contributed by atoms with Gasteiger partial charge in [0.2, 0.25) is 5.89 Å². The van der Waals surface area contributed by atoms with Gasteiger partial charge in [0, 0.05) is 17.9 Å². The van der Waals surface area contributed by atoms with Crippen LogP contribution < -0.4 is 5.73 Å². The highest BCUT2D eigenvalue weighted by molar-refractivity contribution is 4.99. The van der Waals surface area contributed by atoms with Crippen molar-refractivity contribution in [3.8, 4) is 0 Å². The second kappa shape index (κ2) is 4.77. The third-order valence-electron chi connectivity index (χ3n) is 3.39. The highest BCUT2D eigenvalue weighted by Crippen LogP contribution is 2.34. The fraction of sp³-hybridized carbons (Fsp3) is 0.846. The van der Waals surface area contributed by atoms with Gasteiger partial charge >= 0.3 is 0 Å². The van der Waals surface area contributed by atoms with Gasteiger partial charge in [0.05, 0.1) is 0 Å². The van der Waals surface area contributed by atoms with Gasteiger partial charge in [0.15, 0.2) is 5.82 Å². The van der Waals surface area contributed by atoms with Crippen molar-refractivity contribution in [1.82, 2.24) is 10.1 Å². The molecule has 0 aromatic carbocycles. The van der Waals surface area contributed by atoms with E-state index in [0.29, 0.717) is 18.2 Å². The lowest BCUT2D eigenvalue weighted by atomic mass is 9.82. The highest BCUT2D eigenvalue weighted by atomic mass is 16.5. The molecule has 1 saturated carbocycles. The molecule has 0 radical (unpaired) electrons. The predicted octanol–water partition coefficient (Wildman–Crippen LogP) is 2.64. The zero-order valence-electron chi connectivity index (χ0n) is 11.1. The Kier molecular flexibility index (Phi) is 3.52. The van der Waals surface area contributed by atoms with Crippen molar-refractivity contribution in [1.29, 1.82) is 0 Å². The summed E-state index contributed by atoms with van der Waals surface area (Å²) in [6, 6.07) is 0. The van der Waals surface area contributed by atoms with E-state index >= 15 is 0 Å². The van der Waals surface area contributed by atoms with Gasteiger partial charge in [-0.15, -0.1) is 0 Å². The number of nitrogens with zero attached hydrogens (tertiary/aromatic N) is 2. The summed E-state index contributed by atoms with van der Waals surface area (Å²) in [5.41, 5.74) is 5.66. The molecule has 96 valence electrons. The highest BCUT2D eigenvalue weighted by Gasteiger charge is 2.25. The molecule has 2 unspecified atom stereocenters. The summed E-state index contributed by atoms with van der Waals surface area (Å²) in [5.74, 6) is 2.82. The van der Waals surface area contributed by atoms with Gasteiger partial charge in [0.25, 0.3) is 0 Å². The van der Waals surface area contributed by atoms with Crippen LogP contribution in [0.4, 0.5) is 0 Å². The normalized spacial score (nSPS) is 26.1. The van der Waals surface area contributed by atoms with Crippen LogP contribution in [0.5, 0.6) is 0 Å². The Balaban J connectivity index is 2.02. The SMILES string of the molecule is CC1CCCC(c2noc(CC(C)(C)N)n2)C1. The van der Waals surface area contributed by atoms with Crippen LogP contribution in [0.2, 0.25) is 0 Å². The Hall–Kier alpha value is -0.900. The maximum Gasteiger partial charge on any atom is 0.228 e. The van der Waals surface area contributed by atoms with Crippen molar-refractivity contribution in [2.45, 2.75) is 64.3 Å². The zero-order valence-corrected chi connectivity index (χ0v) is 11.1. The second-order valence-electron chi connectivity index (χ2n) is 6.18. The maximum absolute atomic E-state index is 5.95. The average Bonchev–Trinajstić information content (AvgIpc) is 2.63. The van der Waals surface area contributed by atoms with Crippen LogP contribution in [0.25, 0.3) is 0 Å².